The molecule has 0 aliphatic carbocycles. The molecular formula is C14H16Cl2N2S. The molecule has 2 nitrogen and oxygen atoms in total. The number of halogens is 2. The van der Waals surface area contributed by atoms with E-state index in [1.807, 2.05) is 24.4 Å². The van der Waals surface area contributed by atoms with Crippen molar-refractivity contribution in [3.05, 3.63) is 49.9 Å². The van der Waals surface area contributed by atoms with E-state index in [2.05, 4.69) is 24.1 Å². The summed E-state index contributed by atoms with van der Waals surface area (Å²) in [5, 5.41) is 5.67. The summed E-state index contributed by atoms with van der Waals surface area (Å²) >= 11 is 13.7. The van der Waals surface area contributed by atoms with Crippen molar-refractivity contribution < 1.29 is 0 Å². The Hall–Kier alpha value is -0.610. The Morgan fingerprint density at radius 1 is 1.32 bits per heavy atom. The van der Waals surface area contributed by atoms with E-state index in [-0.39, 0.29) is 0 Å². The van der Waals surface area contributed by atoms with Crippen molar-refractivity contribution in [2.24, 2.45) is 0 Å². The van der Waals surface area contributed by atoms with Gasteiger partial charge in [0.15, 0.2) is 0 Å². The maximum atomic E-state index is 6.02. The molecule has 0 bridgehead atoms. The molecule has 0 spiro atoms. The van der Waals surface area contributed by atoms with Gasteiger partial charge in [0.1, 0.15) is 0 Å². The van der Waals surface area contributed by atoms with E-state index in [4.69, 9.17) is 23.2 Å². The van der Waals surface area contributed by atoms with Gasteiger partial charge in [-0.15, -0.1) is 11.3 Å². The summed E-state index contributed by atoms with van der Waals surface area (Å²) in [4.78, 5) is 5.73. The van der Waals surface area contributed by atoms with Crippen molar-refractivity contribution in [2.45, 2.75) is 26.3 Å². The zero-order valence-electron chi connectivity index (χ0n) is 10.9. The van der Waals surface area contributed by atoms with Gasteiger partial charge in [0.2, 0.25) is 0 Å². The van der Waals surface area contributed by atoms with Gasteiger partial charge in [0.05, 0.1) is 15.1 Å². The normalized spacial score (nSPS) is 12.6. The van der Waals surface area contributed by atoms with E-state index in [9.17, 15) is 0 Å². The third-order valence-electron chi connectivity index (χ3n) is 2.85. The molecule has 1 N–H and O–H groups in total. The molecule has 1 unspecified atom stereocenters. The molecule has 1 aromatic heterocycles. The van der Waals surface area contributed by atoms with Gasteiger partial charge in [-0.2, -0.15) is 0 Å². The molecule has 0 radical (unpaired) electrons. The first-order valence-electron chi connectivity index (χ1n) is 6.22. The average Bonchev–Trinajstić information content (AvgIpc) is 2.83. The molecule has 19 heavy (non-hydrogen) atoms. The maximum Gasteiger partial charge on any atom is 0.0972 e. The van der Waals surface area contributed by atoms with Crippen LogP contribution in [0.1, 0.15) is 35.3 Å². The van der Waals surface area contributed by atoms with Crippen LogP contribution in [0.15, 0.2) is 24.4 Å². The molecule has 1 heterocycles. The van der Waals surface area contributed by atoms with Gasteiger partial charge in [-0.1, -0.05) is 36.2 Å². The predicted molar refractivity (Wildman–Crippen MR) is 83.5 cm³/mol. The van der Waals surface area contributed by atoms with E-state index in [1.165, 1.54) is 4.88 Å². The van der Waals surface area contributed by atoms with Crippen LogP contribution in [0.5, 0.6) is 0 Å². The molecule has 1 aromatic carbocycles. The molecule has 0 aliphatic heterocycles. The lowest BCUT2D eigenvalue weighted by Gasteiger charge is -2.08. The second kappa shape index (κ2) is 6.71. The monoisotopic (exact) mass is 314 g/mol. The van der Waals surface area contributed by atoms with E-state index in [0.717, 1.165) is 23.5 Å². The van der Waals surface area contributed by atoms with Gasteiger partial charge in [-0.05, 0) is 31.2 Å². The first-order chi connectivity index (χ1) is 9.10. The number of hydrogen-bond acceptors (Lipinski definition) is 3. The molecule has 0 fully saturated rings. The first-order valence-corrected chi connectivity index (χ1v) is 7.79. The summed E-state index contributed by atoms with van der Waals surface area (Å²) in [5.74, 6) is 0. The lowest BCUT2D eigenvalue weighted by atomic mass is 10.2. The number of thiazole rings is 1. The molecule has 2 aromatic rings. The van der Waals surface area contributed by atoms with Crippen molar-refractivity contribution in [3.8, 4) is 0 Å². The SMILES string of the molecule is CCNC(C)c1cnc(Cc2ccc(Cl)c(Cl)c2)s1. The fourth-order valence-corrected chi connectivity index (χ4v) is 3.14. The summed E-state index contributed by atoms with van der Waals surface area (Å²) in [6.07, 6.45) is 2.74. The fraction of sp³-hybridized carbons (Fsp3) is 0.357. The predicted octanol–water partition coefficient (Wildman–Crippen LogP) is 4.71. The van der Waals surface area contributed by atoms with E-state index < -0.39 is 0 Å². The minimum Gasteiger partial charge on any atom is -0.310 e. The average molecular weight is 315 g/mol. The van der Waals surface area contributed by atoms with Crippen molar-refractivity contribution in [1.82, 2.24) is 10.3 Å². The van der Waals surface area contributed by atoms with E-state index in [1.54, 1.807) is 11.3 Å². The third-order valence-corrected chi connectivity index (χ3v) is 4.77. The van der Waals surface area contributed by atoms with Gasteiger partial charge < -0.3 is 5.32 Å². The zero-order valence-corrected chi connectivity index (χ0v) is 13.2. The third kappa shape index (κ3) is 3.93. The van der Waals surface area contributed by atoms with Crippen molar-refractivity contribution >= 4 is 34.5 Å². The highest BCUT2D eigenvalue weighted by Crippen LogP contribution is 2.26. The minimum atomic E-state index is 0.352. The minimum absolute atomic E-state index is 0.352. The van der Waals surface area contributed by atoms with Crippen LogP contribution < -0.4 is 5.32 Å². The van der Waals surface area contributed by atoms with Crippen LogP contribution in [-0.2, 0) is 6.42 Å². The Balaban J connectivity index is 2.09. The Morgan fingerprint density at radius 3 is 2.79 bits per heavy atom. The van der Waals surface area contributed by atoms with Gasteiger partial charge in [0, 0.05) is 23.5 Å². The van der Waals surface area contributed by atoms with Crippen LogP contribution in [0.3, 0.4) is 0 Å². The standard InChI is InChI=1S/C14H16Cl2N2S/c1-3-17-9(2)13-8-18-14(19-13)7-10-4-5-11(15)12(16)6-10/h4-6,8-9,17H,3,7H2,1-2H3. The highest BCUT2D eigenvalue weighted by atomic mass is 35.5. The smallest absolute Gasteiger partial charge is 0.0972 e. The molecule has 2 rings (SSSR count). The Morgan fingerprint density at radius 2 is 2.11 bits per heavy atom. The summed E-state index contributed by atoms with van der Waals surface area (Å²) in [7, 11) is 0. The quantitative estimate of drug-likeness (QED) is 0.864. The summed E-state index contributed by atoms with van der Waals surface area (Å²) in [6.45, 7) is 5.22. The number of hydrogen-bond donors (Lipinski definition) is 1. The van der Waals surface area contributed by atoms with E-state index in [0.29, 0.717) is 16.1 Å². The lowest BCUT2D eigenvalue weighted by molar-refractivity contribution is 0.606. The number of aromatic nitrogens is 1. The number of nitrogens with one attached hydrogen (secondary N) is 1. The van der Waals surface area contributed by atoms with Crippen LogP contribution in [0.2, 0.25) is 10.0 Å². The van der Waals surface area contributed by atoms with Crippen LogP contribution in [-0.4, -0.2) is 11.5 Å². The molecule has 0 amide bonds. The molecule has 0 saturated heterocycles. The second-order valence-electron chi connectivity index (χ2n) is 4.36. The van der Waals surface area contributed by atoms with E-state index >= 15 is 0 Å². The topological polar surface area (TPSA) is 24.9 Å². The second-order valence-corrected chi connectivity index (χ2v) is 6.32. The number of benzene rings is 1. The van der Waals surface area contributed by atoms with Crippen molar-refractivity contribution in [2.75, 3.05) is 6.54 Å². The van der Waals surface area contributed by atoms with Crippen molar-refractivity contribution in [3.63, 3.8) is 0 Å². The van der Waals surface area contributed by atoms with Gasteiger partial charge in [0.25, 0.3) is 0 Å². The molecule has 0 saturated carbocycles. The fourth-order valence-electron chi connectivity index (χ4n) is 1.84. The zero-order chi connectivity index (χ0) is 13.8. The summed E-state index contributed by atoms with van der Waals surface area (Å²) < 4.78 is 0. The Labute approximate surface area is 127 Å². The molecular weight excluding hydrogens is 299 g/mol. The molecule has 0 aliphatic rings. The van der Waals surface area contributed by atoms with Crippen LogP contribution >= 0.6 is 34.5 Å². The van der Waals surface area contributed by atoms with Gasteiger partial charge in [-0.3, -0.25) is 0 Å². The van der Waals surface area contributed by atoms with Crippen molar-refractivity contribution in [1.29, 1.82) is 0 Å². The van der Waals surface area contributed by atoms with Crippen LogP contribution in [0.25, 0.3) is 0 Å². The summed E-state index contributed by atoms with van der Waals surface area (Å²) in [5.41, 5.74) is 1.13. The lowest BCUT2D eigenvalue weighted by Crippen LogP contribution is -2.16. The highest BCUT2D eigenvalue weighted by Gasteiger charge is 2.09. The molecule has 102 valence electrons. The number of nitrogens with zero attached hydrogens (tertiary/aromatic N) is 1. The van der Waals surface area contributed by atoms with Crippen LogP contribution in [0, 0.1) is 0 Å². The largest absolute Gasteiger partial charge is 0.310 e. The van der Waals surface area contributed by atoms with Gasteiger partial charge in [-0.25, -0.2) is 4.98 Å². The van der Waals surface area contributed by atoms with Crippen LogP contribution in [0.4, 0.5) is 0 Å². The Kier molecular flexibility index (Phi) is 5.22. The number of rotatable bonds is 5. The molecule has 1 atom stereocenters. The highest BCUT2D eigenvalue weighted by molar-refractivity contribution is 7.11. The maximum absolute atomic E-state index is 6.02. The van der Waals surface area contributed by atoms with Gasteiger partial charge >= 0.3 is 0 Å². The Bertz CT molecular complexity index is 554. The first kappa shape index (κ1) is 14.8. The summed E-state index contributed by atoms with van der Waals surface area (Å²) in [6, 6.07) is 6.07. The molecule has 5 heteroatoms.